The smallest absolute Gasteiger partial charge is 0.382 e. The van der Waals surface area contributed by atoms with Gasteiger partial charge in [0.2, 0.25) is 0 Å². The van der Waals surface area contributed by atoms with Crippen LogP contribution in [0.15, 0.2) is 18.2 Å². The van der Waals surface area contributed by atoms with Crippen molar-refractivity contribution in [2.75, 3.05) is 5.32 Å². The molecule has 76 valence electrons. The first-order valence-electron chi connectivity index (χ1n) is 4.43. The summed E-state index contributed by atoms with van der Waals surface area (Å²) in [5, 5.41) is 3.11. The summed E-state index contributed by atoms with van der Waals surface area (Å²) in [5.74, 6) is 0. The first-order chi connectivity index (χ1) is 6.47. The highest BCUT2D eigenvalue weighted by Gasteiger charge is 2.31. The fourth-order valence-corrected chi connectivity index (χ4v) is 1.73. The van der Waals surface area contributed by atoms with Crippen molar-refractivity contribution < 1.29 is 13.2 Å². The Hall–Kier alpha value is -1.19. The van der Waals surface area contributed by atoms with Gasteiger partial charge in [0.25, 0.3) is 0 Å². The van der Waals surface area contributed by atoms with E-state index in [1.165, 1.54) is 12.1 Å². The third kappa shape index (κ3) is 1.56. The average Bonchev–Trinajstić information content (AvgIpc) is 2.41. The van der Waals surface area contributed by atoms with Crippen molar-refractivity contribution in [3.05, 3.63) is 29.3 Å². The van der Waals surface area contributed by atoms with Gasteiger partial charge in [0.05, 0.1) is 5.56 Å². The highest BCUT2D eigenvalue weighted by Crippen LogP contribution is 2.34. The number of halogens is 3. The van der Waals surface area contributed by atoms with Crippen LogP contribution in [-0.2, 0) is 12.6 Å². The number of benzene rings is 1. The average molecular weight is 201 g/mol. The van der Waals surface area contributed by atoms with Crippen molar-refractivity contribution in [1.82, 2.24) is 0 Å². The second-order valence-electron chi connectivity index (χ2n) is 3.62. The van der Waals surface area contributed by atoms with E-state index in [9.17, 15) is 13.2 Å². The van der Waals surface area contributed by atoms with Gasteiger partial charge < -0.3 is 5.32 Å². The summed E-state index contributed by atoms with van der Waals surface area (Å²) >= 11 is 0. The number of nitrogens with one attached hydrogen (secondary N) is 1. The van der Waals surface area contributed by atoms with E-state index in [0.29, 0.717) is 6.42 Å². The van der Waals surface area contributed by atoms with Crippen LogP contribution in [0, 0.1) is 0 Å². The quantitative estimate of drug-likeness (QED) is 0.680. The van der Waals surface area contributed by atoms with Crippen LogP contribution in [0.4, 0.5) is 18.9 Å². The molecular weight excluding hydrogens is 191 g/mol. The molecule has 1 aliphatic rings. The van der Waals surface area contributed by atoms with E-state index in [1.54, 1.807) is 0 Å². The molecule has 14 heavy (non-hydrogen) atoms. The van der Waals surface area contributed by atoms with Gasteiger partial charge >= 0.3 is 6.18 Å². The van der Waals surface area contributed by atoms with Gasteiger partial charge in [0.15, 0.2) is 0 Å². The number of hydrogen-bond donors (Lipinski definition) is 1. The number of fused-ring (bicyclic) bond motifs is 1. The van der Waals surface area contributed by atoms with Crippen molar-refractivity contribution in [2.24, 2.45) is 0 Å². The molecule has 1 nitrogen and oxygen atoms in total. The lowest BCUT2D eigenvalue weighted by molar-refractivity contribution is -0.137. The van der Waals surface area contributed by atoms with E-state index in [2.05, 4.69) is 5.32 Å². The Bertz CT molecular complexity index is 357. The minimum absolute atomic E-state index is 0.230. The molecule has 4 heteroatoms. The lowest BCUT2D eigenvalue weighted by Gasteiger charge is -2.07. The molecule has 0 saturated heterocycles. The van der Waals surface area contributed by atoms with Crippen LogP contribution < -0.4 is 5.32 Å². The maximum Gasteiger partial charge on any atom is 0.416 e. The minimum Gasteiger partial charge on any atom is -0.382 e. The Labute approximate surface area is 79.9 Å². The van der Waals surface area contributed by atoms with E-state index in [4.69, 9.17) is 0 Å². The first kappa shape index (κ1) is 9.37. The Balaban J connectivity index is 2.38. The van der Waals surface area contributed by atoms with Gasteiger partial charge in [-0.15, -0.1) is 0 Å². The van der Waals surface area contributed by atoms with Crippen molar-refractivity contribution in [1.29, 1.82) is 0 Å². The fraction of sp³-hybridized carbons (Fsp3) is 0.400. The summed E-state index contributed by atoms with van der Waals surface area (Å²) in [4.78, 5) is 0. The summed E-state index contributed by atoms with van der Waals surface area (Å²) < 4.78 is 37.0. The third-order valence-corrected chi connectivity index (χ3v) is 2.36. The molecule has 0 aliphatic carbocycles. The highest BCUT2D eigenvalue weighted by molar-refractivity contribution is 5.58. The van der Waals surface area contributed by atoms with Crippen molar-refractivity contribution in [3.63, 3.8) is 0 Å². The molecule has 1 aliphatic heterocycles. The monoisotopic (exact) mass is 201 g/mol. The summed E-state index contributed by atoms with van der Waals surface area (Å²) in [7, 11) is 0. The first-order valence-corrected chi connectivity index (χ1v) is 4.43. The summed E-state index contributed by atoms with van der Waals surface area (Å²) in [6, 6.07) is 4.07. The van der Waals surface area contributed by atoms with E-state index < -0.39 is 11.7 Å². The molecule has 0 radical (unpaired) electrons. The Morgan fingerprint density at radius 1 is 1.36 bits per heavy atom. The maximum atomic E-state index is 12.3. The highest BCUT2D eigenvalue weighted by atomic mass is 19.4. The molecule has 0 saturated carbocycles. The van der Waals surface area contributed by atoms with Crippen LogP contribution in [0.25, 0.3) is 0 Å². The van der Waals surface area contributed by atoms with Crippen LogP contribution in [0.1, 0.15) is 18.1 Å². The SMILES string of the molecule is CC1Cc2cc(C(F)(F)F)ccc2N1. The summed E-state index contributed by atoms with van der Waals surface area (Å²) in [5.41, 5.74) is 1.02. The number of anilines is 1. The molecule has 1 aromatic rings. The maximum absolute atomic E-state index is 12.3. The molecule has 0 fully saturated rings. The molecule has 1 atom stereocenters. The summed E-state index contributed by atoms with van der Waals surface area (Å²) in [6.07, 6.45) is -3.57. The van der Waals surface area contributed by atoms with Gasteiger partial charge in [-0.1, -0.05) is 0 Å². The van der Waals surface area contributed by atoms with E-state index in [1.807, 2.05) is 6.92 Å². The Morgan fingerprint density at radius 3 is 2.71 bits per heavy atom. The van der Waals surface area contributed by atoms with Gasteiger partial charge in [0, 0.05) is 11.7 Å². The molecule has 1 heterocycles. The van der Waals surface area contributed by atoms with Crippen molar-refractivity contribution in [3.8, 4) is 0 Å². The Kier molecular flexibility index (Phi) is 1.94. The van der Waals surface area contributed by atoms with Crippen molar-refractivity contribution >= 4 is 5.69 Å². The molecule has 0 amide bonds. The zero-order valence-electron chi connectivity index (χ0n) is 7.65. The van der Waals surface area contributed by atoms with Gasteiger partial charge in [-0.25, -0.2) is 0 Å². The van der Waals surface area contributed by atoms with Gasteiger partial charge in [-0.3, -0.25) is 0 Å². The third-order valence-electron chi connectivity index (χ3n) is 2.36. The van der Waals surface area contributed by atoms with Crippen molar-refractivity contribution in [2.45, 2.75) is 25.6 Å². The predicted octanol–water partition coefficient (Wildman–Crippen LogP) is 3.06. The lowest BCUT2D eigenvalue weighted by atomic mass is 10.1. The van der Waals surface area contributed by atoms with Gasteiger partial charge in [-0.2, -0.15) is 13.2 Å². The molecule has 0 bridgehead atoms. The number of alkyl halides is 3. The molecule has 1 N–H and O–H groups in total. The fourth-order valence-electron chi connectivity index (χ4n) is 1.73. The van der Waals surface area contributed by atoms with E-state index in [-0.39, 0.29) is 6.04 Å². The predicted molar refractivity (Wildman–Crippen MR) is 48.2 cm³/mol. The largest absolute Gasteiger partial charge is 0.416 e. The topological polar surface area (TPSA) is 12.0 Å². The van der Waals surface area contributed by atoms with Crippen LogP contribution >= 0.6 is 0 Å². The van der Waals surface area contributed by atoms with Gasteiger partial charge in [0.1, 0.15) is 0 Å². The molecule has 1 unspecified atom stereocenters. The standard InChI is InChI=1S/C10H10F3N/c1-6-4-7-5-8(10(11,12)13)2-3-9(7)14-6/h2-3,5-6,14H,4H2,1H3. The molecule has 0 spiro atoms. The molecule has 2 rings (SSSR count). The van der Waals surface area contributed by atoms with Crippen LogP contribution in [0.5, 0.6) is 0 Å². The van der Waals surface area contributed by atoms with Gasteiger partial charge in [-0.05, 0) is 37.1 Å². The van der Waals surface area contributed by atoms with Crippen LogP contribution in [0.2, 0.25) is 0 Å². The number of hydrogen-bond acceptors (Lipinski definition) is 1. The van der Waals surface area contributed by atoms with Crippen LogP contribution in [-0.4, -0.2) is 6.04 Å². The second kappa shape index (κ2) is 2.90. The molecule has 0 aromatic heterocycles. The zero-order valence-corrected chi connectivity index (χ0v) is 7.65. The van der Waals surface area contributed by atoms with E-state index >= 15 is 0 Å². The van der Waals surface area contributed by atoms with E-state index in [0.717, 1.165) is 17.3 Å². The minimum atomic E-state index is -4.24. The normalized spacial score (nSPS) is 20.4. The Morgan fingerprint density at radius 2 is 2.07 bits per heavy atom. The molecule has 1 aromatic carbocycles. The number of rotatable bonds is 0. The summed E-state index contributed by atoms with van der Waals surface area (Å²) in [6.45, 7) is 1.95. The lowest BCUT2D eigenvalue weighted by Crippen LogP contribution is -2.08. The zero-order chi connectivity index (χ0) is 10.3. The second-order valence-corrected chi connectivity index (χ2v) is 3.62. The molecular formula is C10H10F3N. The van der Waals surface area contributed by atoms with Crippen LogP contribution in [0.3, 0.4) is 0 Å².